The van der Waals surface area contributed by atoms with E-state index in [0.717, 1.165) is 16.9 Å². The molecule has 0 heterocycles. The number of aryl methyl sites for hydroxylation is 1. The van der Waals surface area contributed by atoms with Crippen LogP contribution in [0.1, 0.15) is 28.4 Å². The van der Waals surface area contributed by atoms with E-state index in [4.69, 9.17) is 10.8 Å². The van der Waals surface area contributed by atoms with E-state index in [1.807, 2.05) is 13.0 Å². The molecule has 1 unspecified atom stereocenters. The number of benzene rings is 1. The van der Waals surface area contributed by atoms with E-state index in [1.54, 1.807) is 30.8 Å². The summed E-state index contributed by atoms with van der Waals surface area (Å²) in [7, 11) is 0. The summed E-state index contributed by atoms with van der Waals surface area (Å²) in [5, 5.41) is 8.77. The number of amides is 1. The SMILES string of the molecule is Cc1cc(C(N)=O)ccc1CSCC(C)C(=O)O. The Bertz CT molecular complexity index is 460. The molecule has 0 aliphatic heterocycles. The summed E-state index contributed by atoms with van der Waals surface area (Å²) in [6.07, 6.45) is 0. The van der Waals surface area contributed by atoms with Crippen LogP contribution < -0.4 is 5.73 Å². The Morgan fingerprint density at radius 1 is 1.44 bits per heavy atom. The third-order valence-electron chi connectivity index (χ3n) is 2.67. The minimum Gasteiger partial charge on any atom is -0.481 e. The van der Waals surface area contributed by atoms with Crippen molar-refractivity contribution in [1.82, 2.24) is 0 Å². The summed E-state index contributed by atoms with van der Waals surface area (Å²) in [4.78, 5) is 21.7. The molecule has 0 aliphatic rings. The van der Waals surface area contributed by atoms with Gasteiger partial charge in [0.15, 0.2) is 0 Å². The molecular formula is C13H17NO3S. The van der Waals surface area contributed by atoms with E-state index in [2.05, 4.69) is 0 Å². The highest BCUT2D eigenvalue weighted by Crippen LogP contribution is 2.19. The van der Waals surface area contributed by atoms with Crippen molar-refractivity contribution < 1.29 is 14.7 Å². The van der Waals surface area contributed by atoms with Crippen LogP contribution in [0, 0.1) is 12.8 Å². The van der Waals surface area contributed by atoms with Gasteiger partial charge in [-0.2, -0.15) is 11.8 Å². The summed E-state index contributed by atoms with van der Waals surface area (Å²) in [6.45, 7) is 3.61. The van der Waals surface area contributed by atoms with Crippen molar-refractivity contribution in [3.63, 3.8) is 0 Å². The molecule has 18 heavy (non-hydrogen) atoms. The van der Waals surface area contributed by atoms with Crippen LogP contribution in [0.2, 0.25) is 0 Å². The number of hydrogen-bond donors (Lipinski definition) is 2. The number of carboxylic acid groups (broad SMARTS) is 1. The molecule has 0 bridgehead atoms. The Hall–Kier alpha value is -1.49. The molecule has 1 rings (SSSR count). The van der Waals surface area contributed by atoms with Crippen LogP contribution in [0.4, 0.5) is 0 Å². The first-order valence-corrected chi connectivity index (χ1v) is 6.77. The molecule has 0 aliphatic carbocycles. The lowest BCUT2D eigenvalue weighted by molar-refractivity contribution is -0.140. The second-order valence-electron chi connectivity index (χ2n) is 4.26. The highest BCUT2D eigenvalue weighted by atomic mass is 32.2. The predicted octanol–water partition coefficient (Wildman–Crippen LogP) is 2.05. The van der Waals surface area contributed by atoms with Crippen molar-refractivity contribution in [2.75, 3.05) is 5.75 Å². The lowest BCUT2D eigenvalue weighted by atomic mass is 10.1. The first-order chi connectivity index (χ1) is 8.41. The van der Waals surface area contributed by atoms with Crippen molar-refractivity contribution >= 4 is 23.6 Å². The predicted molar refractivity (Wildman–Crippen MR) is 72.7 cm³/mol. The first kappa shape index (κ1) is 14.6. The molecule has 0 saturated carbocycles. The number of nitrogens with two attached hydrogens (primary N) is 1. The zero-order valence-corrected chi connectivity index (χ0v) is 11.3. The van der Waals surface area contributed by atoms with Gasteiger partial charge in [0.05, 0.1) is 5.92 Å². The van der Waals surface area contributed by atoms with E-state index in [1.165, 1.54) is 0 Å². The molecule has 4 nitrogen and oxygen atoms in total. The van der Waals surface area contributed by atoms with Crippen LogP contribution in [0.3, 0.4) is 0 Å². The molecule has 0 radical (unpaired) electrons. The van der Waals surface area contributed by atoms with Crippen molar-refractivity contribution in [2.45, 2.75) is 19.6 Å². The average molecular weight is 267 g/mol. The Kier molecular flexibility index (Phi) is 5.22. The highest BCUT2D eigenvalue weighted by Gasteiger charge is 2.11. The fourth-order valence-corrected chi connectivity index (χ4v) is 2.59. The van der Waals surface area contributed by atoms with Gasteiger partial charge < -0.3 is 10.8 Å². The number of hydrogen-bond acceptors (Lipinski definition) is 3. The standard InChI is InChI=1S/C13H17NO3S/c1-8-5-10(12(14)15)3-4-11(8)7-18-6-9(2)13(16)17/h3-5,9H,6-7H2,1-2H3,(H2,14,15)(H,16,17). The largest absolute Gasteiger partial charge is 0.481 e. The zero-order valence-electron chi connectivity index (χ0n) is 10.5. The van der Waals surface area contributed by atoms with Gasteiger partial charge in [0.1, 0.15) is 0 Å². The van der Waals surface area contributed by atoms with E-state index < -0.39 is 11.9 Å². The number of aliphatic carboxylic acids is 1. The Balaban J connectivity index is 2.58. The Labute approximate surface area is 111 Å². The molecule has 1 amide bonds. The van der Waals surface area contributed by atoms with E-state index in [-0.39, 0.29) is 5.92 Å². The molecule has 5 heteroatoms. The van der Waals surface area contributed by atoms with Gasteiger partial charge in [-0.3, -0.25) is 9.59 Å². The Morgan fingerprint density at radius 3 is 2.61 bits per heavy atom. The molecule has 98 valence electrons. The fraction of sp³-hybridized carbons (Fsp3) is 0.385. The van der Waals surface area contributed by atoms with Gasteiger partial charge in [0.2, 0.25) is 5.91 Å². The van der Waals surface area contributed by atoms with E-state index in [0.29, 0.717) is 11.3 Å². The van der Waals surface area contributed by atoms with Crippen LogP contribution in [0.15, 0.2) is 18.2 Å². The first-order valence-electron chi connectivity index (χ1n) is 5.61. The molecule has 1 atom stereocenters. The lowest BCUT2D eigenvalue weighted by Crippen LogP contribution is -2.12. The number of carboxylic acids is 1. The number of carbonyl (C=O) groups excluding carboxylic acids is 1. The highest BCUT2D eigenvalue weighted by molar-refractivity contribution is 7.98. The van der Waals surface area contributed by atoms with Crippen LogP contribution in [-0.2, 0) is 10.5 Å². The van der Waals surface area contributed by atoms with Gasteiger partial charge in [0, 0.05) is 17.1 Å². The van der Waals surface area contributed by atoms with Crippen LogP contribution in [0.25, 0.3) is 0 Å². The Morgan fingerprint density at radius 2 is 2.11 bits per heavy atom. The van der Waals surface area contributed by atoms with Crippen LogP contribution in [-0.4, -0.2) is 22.7 Å². The lowest BCUT2D eigenvalue weighted by Gasteiger charge is -2.09. The maximum Gasteiger partial charge on any atom is 0.307 e. The molecule has 1 aromatic carbocycles. The van der Waals surface area contributed by atoms with Gasteiger partial charge >= 0.3 is 5.97 Å². The summed E-state index contributed by atoms with van der Waals surface area (Å²) in [5.74, 6) is -0.241. The van der Waals surface area contributed by atoms with Gasteiger partial charge in [-0.1, -0.05) is 13.0 Å². The molecule has 0 fully saturated rings. The smallest absolute Gasteiger partial charge is 0.307 e. The monoisotopic (exact) mass is 267 g/mol. The number of rotatable bonds is 6. The number of primary amides is 1. The maximum absolute atomic E-state index is 11.0. The van der Waals surface area contributed by atoms with Crippen LogP contribution in [0.5, 0.6) is 0 Å². The maximum atomic E-state index is 11.0. The quantitative estimate of drug-likeness (QED) is 0.826. The number of carbonyl (C=O) groups is 2. The molecule has 0 aromatic heterocycles. The zero-order chi connectivity index (χ0) is 13.7. The third-order valence-corrected chi connectivity index (χ3v) is 3.92. The summed E-state index contributed by atoms with van der Waals surface area (Å²) >= 11 is 1.57. The molecule has 3 N–H and O–H groups in total. The second kappa shape index (κ2) is 6.44. The summed E-state index contributed by atoms with van der Waals surface area (Å²) in [6, 6.07) is 5.33. The summed E-state index contributed by atoms with van der Waals surface area (Å²) in [5.41, 5.74) is 7.80. The van der Waals surface area contributed by atoms with E-state index >= 15 is 0 Å². The van der Waals surface area contributed by atoms with Crippen molar-refractivity contribution in [2.24, 2.45) is 11.7 Å². The van der Waals surface area contributed by atoms with Crippen molar-refractivity contribution in [3.05, 3.63) is 34.9 Å². The average Bonchev–Trinajstić information content (AvgIpc) is 2.30. The molecule has 0 saturated heterocycles. The van der Waals surface area contributed by atoms with Gasteiger partial charge in [-0.15, -0.1) is 0 Å². The topological polar surface area (TPSA) is 80.4 Å². The molecular weight excluding hydrogens is 250 g/mol. The summed E-state index contributed by atoms with van der Waals surface area (Å²) < 4.78 is 0. The van der Waals surface area contributed by atoms with Gasteiger partial charge in [0.25, 0.3) is 0 Å². The second-order valence-corrected chi connectivity index (χ2v) is 5.29. The van der Waals surface area contributed by atoms with Crippen LogP contribution >= 0.6 is 11.8 Å². The minimum absolute atomic E-state index is 0.347. The van der Waals surface area contributed by atoms with Crippen molar-refractivity contribution in [1.29, 1.82) is 0 Å². The molecule has 0 spiro atoms. The third kappa shape index (κ3) is 4.07. The van der Waals surface area contributed by atoms with Gasteiger partial charge in [-0.25, -0.2) is 0 Å². The fourth-order valence-electron chi connectivity index (χ4n) is 1.43. The normalized spacial score (nSPS) is 12.1. The van der Waals surface area contributed by atoms with Crippen molar-refractivity contribution in [3.8, 4) is 0 Å². The van der Waals surface area contributed by atoms with Gasteiger partial charge in [-0.05, 0) is 30.2 Å². The minimum atomic E-state index is -0.775. The molecule has 1 aromatic rings. The van der Waals surface area contributed by atoms with E-state index in [9.17, 15) is 9.59 Å². The number of thioether (sulfide) groups is 1.